The highest BCUT2D eigenvalue weighted by molar-refractivity contribution is 5.81. The quantitative estimate of drug-likeness (QED) is 0.927. The van der Waals surface area contributed by atoms with Gasteiger partial charge in [-0.15, -0.1) is 0 Å². The maximum atomic E-state index is 6.24. The van der Waals surface area contributed by atoms with Gasteiger partial charge in [-0.3, -0.25) is 4.98 Å². The second kappa shape index (κ2) is 5.51. The van der Waals surface area contributed by atoms with Gasteiger partial charge in [0.2, 0.25) is 0 Å². The summed E-state index contributed by atoms with van der Waals surface area (Å²) in [6.45, 7) is 3.48. The van der Waals surface area contributed by atoms with Crippen molar-refractivity contribution >= 4 is 10.9 Å². The smallest absolute Gasteiger partial charge is 0.0811 e. The summed E-state index contributed by atoms with van der Waals surface area (Å²) < 4.78 is 6.24. The normalized spacial score (nSPS) is 26.2. The number of nitrogens with two attached hydrogens (primary N) is 1. The van der Waals surface area contributed by atoms with Gasteiger partial charge in [0.1, 0.15) is 0 Å². The predicted molar refractivity (Wildman–Crippen MR) is 81.3 cm³/mol. The molecule has 20 heavy (non-hydrogen) atoms. The Hall–Kier alpha value is -1.45. The molecular weight excluding hydrogens is 248 g/mol. The van der Waals surface area contributed by atoms with Crippen LogP contribution >= 0.6 is 0 Å². The molecule has 1 heterocycles. The van der Waals surface area contributed by atoms with Crippen molar-refractivity contribution in [3.63, 3.8) is 0 Å². The number of rotatable bonds is 4. The Morgan fingerprint density at radius 3 is 2.95 bits per heavy atom. The molecule has 0 aliphatic heterocycles. The molecule has 0 bridgehead atoms. The van der Waals surface area contributed by atoms with Gasteiger partial charge in [-0.05, 0) is 31.2 Å². The average molecular weight is 270 g/mol. The largest absolute Gasteiger partial charge is 0.369 e. The van der Waals surface area contributed by atoms with Crippen LogP contribution in [0.5, 0.6) is 0 Å². The van der Waals surface area contributed by atoms with E-state index in [9.17, 15) is 0 Å². The van der Waals surface area contributed by atoms with Crippen LogP contribution in [0.2, 0.25) is 0 Å². The molecule has 1 aliphatic carbocycles. The van der Waals surface area contributed by atoms with E-state index in [0.29, 0.717) is 19.1 Å². The second-order valence-corrected chi connectivity index (χ2v) is 6.02. The molecule has 3 rings (SSSR count). The highest BCUT2D eigenvalue weighted by Gasteiger charge is 2.37. The van der Waals surface area contributed by atoms with Crippen molar-refractivity contribution in [3.05, 3.63) is 42.1 Å². The van der Waals surface area contributed by atoms with Gasteiger partial charge in [0.15, 0.2) is 0 Å². The van der Waals surface area contributed by atoms with Gasteiger partial charge in [0, 0.05) is 23.7 Å². The lowest BCUT2D eigenvalue weighted by atomic mass is 10.0. The fourth-order valence-electron chi connectivity index (χ4n) is 3.24. The molecule has 1 aromatic carbocycles. The molecule has 0 spiro atoms. The van der Waals surface area contributed by atoms with Crippen molar-refractivity contribution in [1.29, 1.82) is 0 Å². The molecule has 0 radical (unpaired) electrons. The number of nitrogens with zero attached hydrogens (tertiary/aromatic N) is 1. The van der Waals surface area contributed by atoms with Crippen molar-refractivity contribution in [2.75, 3.05) is 6.54 Å². The molecule has 3 nitrogen and oxygen atoms in total. The molecule has 2 unspecified atom stereocenters. The third-order valence-corrected chi connectivity index (χ3v) is 4.44. The molecule has 2 N–H and O–H groups in total. The summed E-state index contributed by atoms with van der Waals surface area (Å²) in [5.74, 6) is 0.712. The third kappa shape index (κ3) is 2.56. The first-order valence-electron chi connectivity index (χ1n) is 7.39. The van der Waals surface area contributed by atoms with Crippen LogP contribution in [0.1, 0.15) is 31.7 Å². The average Bonchev–Trinajstić information content (AvgIpc) is 2.87. The standard InChI is InChI=1S/C17H22N2O/c1-13-7-8-17(10-13,12-18)20-11-15-5-2-4-14-6-3-9-19-16(14)15/h2-6,9,13H,7-8,10-12,18H2,1H3. The minimum absolute atomic E-state index is 0.129. The highest BCUT2D eigenvalue weighted by Crippen LogP contribution is 2.37. The lowest BCUT2D eigenvalue weighted by Crippen LogP contribution is -2.38. The summed E-state index contributed by atoms with van der Waals surface area (Å²) in [6.07, 6.45) is 5.19. The first kappa shape index (κ1) is 13.5. The lowest BCUT2D eigenvalue weighted by Gasteiger charge is -2.28. The van der Waals surface area contributed by atoms with Crippen molar-refractivity contribution < 1.29 is 4.74 Å². The van der Waals surface area contributed by atoms with Crippen molar-refractivity contribution in [3.8, 4) is 0 Å². The minimum atomic E-state index is -0.129. The molecule has 1 aliphatic rings. The molecule has 1 aromatic heterocycles. The van der Waals surface area contributed by atoms with Gasteiger partial charge in [0.05, 0.1) is 17.7 Å². The van der Waals surface area contributed by atoms with Gasteiger partial charge in [0.25, 0.3) is 0 Å². The first-order valence-corrected chi connectivity index (χ1v) is 7.39. The van der Waals surface area contributed by atoms with Gasteiger partial charge in [-0.25, -0.2) is 0 Å². The Labute approximate surface area is 120 Å². The van der Waals surface area contributed by atoms with Gasteiger partial charge < -0.3 is 10.5 Å². The summed E-state index contributed by atoms with van der Waals surface area (Å²) in [5.41, 5.74) is 8.02. The monoisotopic (exact) mass is 270 g/mol. The van der Waals surface area contributed by atoms with E-state index >= 15 is 0 Å². The van der Waals surface area contributed by atoms with E-state index in [1.165, 1.54) is 6.42 Å². The molecule has 2 aromatic rings. The fourth-order valence-corrected chi connectivity index (χ4v) is 3.24. The number of aromatic nitrogens is 1. The first-order chi connectivity index (χ1) is 9.72. The van der Waals surface area contributed by atoms with Crippen LogP contribution in [0.3, 0.4) is 0 Å². The van der Waals surface area contributed by atoms with Crippen molar-refractivity contribution in [2.24, 2.45) is 11.7 Å². The zero-order valence-electron chi connectivity index (χ0n) is 12.0. The fraction of sp³-hybridized carbons (Fsp3) is 0.471. The molecule has 1 fully saturated rings. The minimum Gasteiger partial charge on any atom is -0.369 e. The van der Waals surface area contributed by atoms with Crippen LogP contribution in [0, 0.1) is 5.92 Å². The van der Waals surface area contributed by atoms with E-state index in [-0.39, 0.29) is 5.60 Å². The molecule has 1 saturated carbocycles. The summed E-state index contributed by atoms with van der Waals surface area (Å²) in [4.78, 5) is 4.48. The van der Waals surface area contributed by atoms with Crippen molar-refractivity contribution in [1.82, 2.24) is 4.98 Å². The Balaban J connectivity index is 1.80. The number of fused-ring (bicyclic) bond motifs is 1. The SMILES string of the molecule is CC1CCC(CN)(OCc2cccc3cccnc23)C1. The highest BCUT2D eigenvalue weighted by atomic mass is 16.5. The third-order valence-electron chi connectivity index (χ3n) is 4.44. The van der Waals surface area contributed by atoms with Crippen molar-refractivity contribution in [2.45, 2.75) is 38.4 Å². The Morgan fingerprint density at radius 1 is 1.35 bits per heavy atom. The Bertz CT molecular complexity index is 593. The van der Waals surface area contributed by atoms with Crippen LogP contribution in [-0.2, 0) is 11.3 Å². The van der Waals surface area contributed by atoms with E-state index in [1.807, 2.05) is 12.3 Å². The molecule has 0 amide bonds. The van der Waals surface area contributed by atoms with Crippen LogP contribution in [0.4, 0.5) is 0 Å². The Kier molecular flexibility index (Phi) is 3.72. The van der Waals surface area contributed by atoms with E-state index in [0.717, 1.165) is 29.3 Å². The molecule has 3 heteroatoms. The second-order valence-electron chi connectivity index (χ2n) is 6.02. The zero-order valence-corrected chi connectivity index (χ0v) is 12.0. The number of benzene rings is 1. The number of hydrogen-bond acceptors (Lipinski definition) is 3. The summed E-state index contributed by atoms with van der Waals surface area (Å²) in [6, 6.07) is 10.3. The van der Waals surface area contributed by atoms with Crippen LogP contribution < -0.4 is 5.73 Å². The topological polar surface area (TPSA) is 48.1 Å². The van der Waals surface area contributed by atoms with Crippen LogP contribution in [-0.4, -0.2) is 17.1 Å². The van der Waals surface area contributed by atoms with Crippen LogP contribution in [0.15, 0.2) is 36.5 Å². The van der Waals surface area contributed by atoms with Gasteiger partial charge in [-0.1, -0.05) is 31.2 Å². The number of pyridine rings is 1. The lowest BCUT2D eigenvalue weighted by molar-refractivity contribution is -0.0467. The zero-order chi connectivity index (χ0) is 14.0. The molecule has 0 saturated heterocycles. The molecule has 2 atom stereocenters. The van der Waals surface area contributed by atoms with E-state index in [1.54, 1.807) is 0 Å². The van der Waals surface area contributed by atoms with Gasteiger partial charge >= 0.3 is 0 Å². The van der Waals surface area contributed by atoms with Gasteiger partial charge in [-0.2, -0.15) is 0 Å². The summed E-state index contributed by atoms with van der Waals surface area (Å²) in [5, 5.41) is 1.16. The maximum absolute atomic E-state index is 6.24. The van der Waals surface area contributed by atoms with E-state index in [4.69, 9.17) is 10.5 Å². The number of para-hydroxylation sites is 1. The maximum Gasteiger partial charge on any atom is 0.0811 e. The Morgan fingerprint density at radius 2 is 2.20 bits per heavy atom. The predicted octanol–water partition coefficient (Wildman–Crippen LogP) is 3.27. The van der Waals surface area contributed by atoms with E-state index in [2.05, 4.69) is 36.2 Å². The number of ether oxygens (including phenoxy) is 1. The van der Waals surface area contributed by atoms with Crippen LogP contribution in [0.25, 0.3) is 10.9 Å². The molecular formula is C17H22N2O. The van der Waals surface area contributed by atoms with E-state index < -0.39 is 0 Å². The molecule has 106 valence electrons. The number of hydrogen-bond donors (Lipinski definition) is 1. The summed E-state index contributed by atoms with van der Waals surface area (Å²) >= 11 is 0. The summed E-state index contributed by atoms with van der Waals surface area (Å²) in [7, 11) is 0.